The topological polar surface area (TPSA) is 0 Å². The average molecular weight is 233 g/mol. The first-order valence-corrected chi connectivity index (χ1v) is 6.26. The van der Waals surface area contributed by atoms with E-state index in [0.29, 0.717) is 0 Å². The van der Waals surface area contributed by atoms with Gasteiger partial charge in [0, 0.05) is 5.56 Å². The van der Waals surface area contributed by atoms with E-state index in [4.69, 9.17) is 0 Å². The van der Waals surface area contributed by atoms with Crippen LogP contribution in [-0.4, -0.2) is 24.1 Å². The van der Waals surface area contributed by atoms with Gasteiger partial charge in [-0.25, -0.2) is 0 Å². The normalized spacial score (nSPS) is 10.8. The zero-order valence-electron chi connectivity index (χ0n) is 11.9. The molecule has 0 aliphatic heterocycles. The highest BCUT2D eigenvalue weighted by Gasteiger charge is 2.20. The van der Waals surface area contributed by atoms with Crippen LogP contribution >= 0.6 is 0 Å². The highest BCUT2D eigenvalue weighted by molar-refractivity contribution is 5.47. The summed E-state index contributed by atoms with van der Waals surface area (Å²) in [5.74, 6) is 0. The molecule has 1 rings (SSSR count). The second kappa shape index (κ2) is 7.29. The fourth-order valence-corrected chi connectivity index (χ4v) is 2.15. The minimum Gasteiger partial charge on any atom is -0.358 e. The first kappa shape index (κ1) is 15.9. The van der Waals surface area contributed by atoms with Crippen molar-refractivity contribution in [2.24, 2.45) is 0 Å². The summed E-state index contributed by atoms with van der Waals surface area (Å²) in [7, 11) is 0. The summed E-state index contributed by atoms with van der Waals surface area (Å²) in [4.78, 5) is 0. The minimum atomic E-state index is 0. The van der Waals surface area contributed by atoms with Crippen LogP contribution in [0.5, 0.6) is 0 Å². The van der Waals surface area contributed by atoms with Crippen molar-refractivity contribution in [1.82, 2.24) is 0 Å². The summed E-state index contributed by atoms with van der Waals surface area (Å²) >= 11 is 0. The third-order valence-electron chi connectivity index (χ3n) is 3.75. The molecule has 0 unspecified atom stereocenters. The van der Waals surface area contributed by atoms with Crippen molar-refractivity contribution in [3.63, 3.8) is 0 Å². The fourth-order valence-electron chi connectivity index (χ4n) is 2.15. The highest BCUT2D eigenvalue weighted by atomic mass is 15.3. The smallest absolute Gasteiger partial charge is 0.104 e. The maximum atomic E-state index is 3.78. The van der Waals surface area contributed by atoms with E-state index in [1.807, 2.05) is 6.08 Å². The van der Waals surface area contributed by atoms with Crippen LogP contribution in [0.25, 0.3) is 6.08 Å². The quantitative estimate of drug-likeness (QED) is 0.511. The molecule has 17 heavy (non-hydrogen) atoms. The van der Waals surface area contributed by atoms with E-state index >= 15 is 0 Å². The van der Waals surface area contributed by atoms with Crippen LogP contribution in [0, 0.1) is 7.43 Å². The van der Waals surface area contributed by atoms with Gasteiger partial charge >= 0.3 is 0 Å². The number of hydrogen-bond acceptors (Lipinski definition) is 0. The molecule has 0 radical (unpaired) electrons. The van der Waals surface area contributed by atoms with Crippen molar-refractivity contribution in [3.8, 4) is 0 Å². The molecule has 0 saturated heterocycles. The number of hydrogen-bond donors (Lipinski definition) is 0. The van der Waals surface area contributed by atoms with Crippen molar-refractivity contribution in [2.75, 3.05) is 19.6 Å². The van der Waals surface area contributed by atoms with Crippen LogP contribution < -0.4 is 0 Å². The van der Waals surface area contributed by atoms with Gasteiger partial charge in [-0.1, -0.05) is 36.9 Å². The first-order valence-electron chi connectivity index (χ1n) is 6.26. The van der Waals surface area contributed by atoms with Gasteiger partial charge in [0.1, 0.15) is 6.54 Å². The van der Waals surface area contributed by atoms with Gasteiger partial charge in [0.05, 0.1) is 19.6 Å². The summed E-state index contributed by atoms with van der Waals surface area (Å²) in [5, 5.41) is 0. The van der Waals surface area contributed by atoms with Crippen LogP contribution in [0.2, 0.25) is 0 Å². The molecule has 96 valence electrons. The van der Waals surface area contributed by atoms with Crippen LogP contribution in [-0.2, 0) is 6.54 Å². The molecule has 0 amide bonds. The second-order valence-electron chi connectivity index (χ2n) is 4.39. The Morgan fingerprint density at radius 2 is 1.47 bits per heavy atom. The Kier molecular flexibility index (Phi) is 6.82. The summed E-state index contributed by atoms with van der Waals surface area (Å²) < 4.78 is 1.17. The van der Waals surface area contributed by atoms with Crippen molar-refractivity contribution >= 4 is 6.08 Å². The summed E-state index contributed by atoms with van der Waals surface area (Å²) in [6.07, 6.45) is 1.89. The van der Waals surface area contributed by atoms with E-state index in [2.05, 4.69) is 51.6 Å². The number of quaternary nitrogens is 1. The van der Waals surface area contributed by atoms with Gasteiger partial charge in [0.2, 0.25) is 0 Å². The lowest BCUT2D eigenvalue weighted by Crippen LogP contribution is -2.46. The van der Waals surface area contributed by atoms with Crippen LogP contribution in [0.3, 0.4) is 0 Å². The SMILES string of the molecule is C=Cc1ccc(C[N+](CC)(CC)CC)cc1.[CH3-]. The molecule has 0 N–H and O–H groups in total. The van der Waals surface area contributed by atoms with Crippen molar-refractivity contribution < 1.29 is 4.48 Å². The van der Waals surface area contributed by atoms with Gasteiger partial charge in [-0.2, -0.15) is 0 Å². The molecule has 0 bridgehead atoms. The van der Waals surface area contributed by atoms with Gasteiger partial charge in [0.25, 0.3) is 0 Å². The Hall–Kier alpha value is -1.08. The number of benzene rings is 1. The minimum absolute atomic E-state index is 0. The van der Waals surface area contributed by atoms with Crippen LogP contribution in [0.4, 0.5) is 0 Å². The Morgan fingerprint density at radius 3 is 1.82 bits per heavy atom. The van der Waals surface area contributed by atoms with Crippen molar-refractivity contribution in [2.45, 2.75) is 27.3 Å². The average Bonchev–Trinajstić information content (AvgIpc) is 2.37. The molecule has 1 aromatic carbocycles. The third-order valence-corrected chi connectivity index (χ3v) is 3.75. The van der Waals surface area contributed by atoms with Gasteiger partial charge in [0.15, 0.2) is 0 Å². The van der Waals surface area contributed by atoms with E-state index in [1.165, 1.54) is 35.2 Å². The molecule has 1 nitrogen and oxygen atoms in total. The molecule has 1 aromatic rings. The van der Waals surface area contributed by atoms with Gasteiger partial charge in [-0.15, -0.1) is 0 Å². The molecule has 0 aliphatic rings. The molecular formula is C16H27N. The lowest BCUT2D eigenvalue weighted by molar-refractivity contribution is -0.936. The van der Waals surface area contributed by atoms with Crippen molar-refractivity contribution in [3.05, 3.63) is 49.4 Å². The molecule has 0 heterocycles. The number of nitrogens with zero attached hydrogens (tertiary/aromatic N) is 1. The standard InChI is InChI=1S/C15H24N.CH3/c1-5-14-9-11-15(12-10-14)13-16(6-2,7-3)8-4;/h5,9-12H,1,6-8,13H2,2-4H3;1H3/q+1;-1. The second-order valence-corrected chi connectivity index (χ2v) is 4.39. The molecule has 1 heteroatoms. The maximum Gasteiger partial charge on any atom is 0.104 e. The molecule has 0 aliphatic carbocycles. The van der Waals surface area contributed by atoms with Gasteiger partial charge in [-0.05, 0) is 26.3 Å². The van der Waals surface area contributed by atoms with E-state index in [0.717, 1.165) is 6.54 Å². The molecular weight excluding hydrogens is 206 g/mol. The lowest BCUT2D eigenvalue weighted by atomic mass is 10.1. The summed E-state index contributed by atoms with van der Waals surface area (Å²) in [6, 6.07) is 8.76. The number of rotatable bonds is 6. The largest absolute Gasteiger partial charge is 0.358 e. The van der Waals surface area contributed by atoms with Crippen LogP contribution in [0.1, 0.15) is 31.9 Å². The molecule has 0 spiro atoms. The van der Waals surface area contributed by atoms with E-state index in [9.17, 15) is 0 Å². The predicted octanol–water partition coefficient (Wildman–Crippen LogP) is 4.16. The summed E-state index contributed by atoms with van der Waals surface area (Å²) in [5.41, 5.74) is 2.63. The monoisotopic (exact) mass is 233 g/mol. The Morgan fingerprint density at radius 1 is 1.00 bits per heavy atom. The fraction of sp³-hybridized carbons (Fsp3) is 0.438. The van der Waals surface area contributed by atoms with E-state index < -0.39 is 0 Å². The van der Waals surface area contributed by atoms with E-state index in [-0.39, 0.29) is 7.43 Å². The molecule has 0 saturated carbocycles. The zero-order valence-corrected chi connectivity index (χ0v) is 11.9. The molecule has 0 aromatic heterocycles. The third kappa shape index (κ3) is 4.01. The van der Waals surface area contributed by atoms with E-state index in [1.54, 1.807) is 0 Å². The first-order chi connectivity index (χ1) is 7.69. The van der Waals surface area contributed by atoms with Crippen molar-refractivity contribution in [1.29, 1.82) is 0 Å². The molecule has 0 atom stereocenters. The predicted molar refractivity (Wildman–Crippen MR) is 78.5 cm³/mol. The van der Waals surface area contributed by atoms with Crippen LogP contribution in [0.15, 0.2) is 30.8 Å². The molecule has 0 fully saturated rings. The Bertz CT molecular complexity index is 312. The maximum absolute atomic E-state index is 3.78. The zero-order chi connectivity index (χ0) is 12.0. The highest BCUT2D eigenvalue weighted by Crippen LogP contribution is 2.15. The lowest BCUT2D eigenvalue weighted by Gasteiger charge is -2.35. The Labute approximate surface area is 107 Å². The summed E-state index contributed by atoms with van der Waals surface area (Å²) in [6.45, 7) is 15.4. The van der Waals surface area contributed by atoms with Gasteiger partial charge < -0.3 is 11.9 Å². The Balaban J connectivity index is 0.00000256. The van der Waals surface area contributed by atoms with Gasteiger partial charge in [-0.3, -0.25) is 0 Å².